The number of nitrogens with zero attached hydrogens (tertiary/aromatic N) is 3. The highest BCUT2D eigenvalue weighted by Crippen LogP contribution is 2.45. The van der Waals surface area contributed by atoms with E-state index in [1.165, 1.54) is 23.1 Å². The maximum atomic E-state index is 13.9. The monoisotopic (exact) mass is 417 g/mol. The van der Waals surface area contributed by atoms with Crippen LogP contribution in [0, 0.1) is 29.3 Å². The van der Waals surface area contributed by atoms with Crippen molar-refractivity contribution in [3.05, 3.63) is 71.0 Å². The van der Waals surface area contributed by atoms with Gasteiger partial charge in [0.15, 0.2) is 11.6 Å². The van der Waals surface area contributed by atoms with Crippen molar-refractivity contribution >= 4 is 11.9 Å². The minimum absolute atomic E-state index is 0.0106. The SMILES string of the molecule is CN(C)C(=O)N1C[C@H]2CN(C(=O)c3ccc(F)c(F)c3)C[C@H]2[C@H]1c1cccc(F)c1. The first-order chi connectivity index (χ1) is 14.3. The summed E-state index contributed by atoms with van der Waals surface area (Å²) in [6.45, 7) is 1.18. The molecule has 0 saturated carbocycles. The molecule has 2 aromatic carbocycles. The van der Waals surface area contributed by atoms with E-state index < -0.39 is 11.6 Å². The van der Waals surface area contributed by atoms with E-state index in [2.05, 4.69) is 0 Å². The Bertz CT molecular complexity index is 997. The maximum absolute atomic E-state index is 13.9. The normalized spacial score (nSPS) is 22.9. The Morgan fingerprint density at radius 1 is 0.967 bits per heavy atom. The van der Waals surface area contributed by atoms with Crippen LogP contribution < -0.4 is 0 Å². The lowest BCUT2D eigenvalue weighted by Gasteiger charge is -2.32. The lowest BCUT2D eigenvalue weighted by molar-refractivity contribution is 0.0766. The molecule has 158 valence electrons. The first-order valence-electron chi connectivity index (χ1n) is 9.74. The van der Waals surface area contributed by atoms with E-state index in [0.717, 1.165) is 12.1 Å². The zero-order chi connectivity index (χ0) is 21.6. The van der Waals surface area contributed by atoms with Gasteiger partial charge in [-0.05, 0) is 35.9 Å². The molecular formula is C22H22F3N3O2. The van der Waals surface area contributed by atoms with E-state index in [4.69, 9.17) is 0 Å². The van der Waals surface area contributed by atoms with Crippen molar-refractivity contribution in [2.24, 2.45) is 11.8 Å². The molecule has 5 nitrogen and oxygen atoms in total. The molecule has 2 fully saturated rings. The van der Waals surface area contributed by atoms with E-state index in [1.54, 1.807) is 36.0 Å². The third-order valence-corrected chi connectivity index (χ3v) is 5.94. The molecule has 4 rings (SSSR count). The quantitative estimate of drug-likeness (QED) is 0.751. The molecule has 2 saturated heterocycles. The third kappa shape index (κ3) is 3.51. The molecule has 30 heavy (non-hydrogen) atoms. The van der Waals surface area contributed by atoms with Crippen molar-refractivity contribution in [1.82, 2.24) is 14.7 Å². The molecule has 0 radical (unpaired) electrons. The average molecular weight is 417 g/mol. The van der Waals surface area contributed by atoms with Crippen LogP contribution in [0.25, 0.3) is 0 Å². The second-order valence-electron chi connectivity index (χ2n) is 8.09. The van der Waals surface area contributed by atoms with Gasteiger partial charge in [0.05, 0.1) is 6.04 Å². The molecule has 0 unspecified atom stereocenters. The molecule has 2 aliphatic heterocycles. The predicted octanol–water partition coefficient (Wildman–Crippen LogP) is 3.53. The van der Waals surface area contributed by atoms with E-state index in [-0.39, 0.29) is 41.2 Å². The highest BCUT2D eigenvalue weighted by atomic mass is 19.2. The van der Waals surface area contributed by atoms with Gasteiger partial charge in [0.2, 0.25) is 0 Å². The Hall–Kier alpha value is -3.03. The number of benzene rings is 2. The molecule has 8 heteroatoms. The topological polar surface area (TPSA) is 43.9 Å². The summed E-state index contributed by atoms with van der Waals surface area (Å²) in [5.41, 5.74) is 0.761. The minimum atomic E-state index is -1.07. The summed E-state index contributed by atoms with van der Waals surface area (Å²) in [6.07, 6.45) is 0. The number of amides is 3. The fourth-order valence-electron chi connectivity index (χ4n) is 4.59. The fourth-order valence-corrected chi connectivity index (χ4v) is 4.59. The standard InChI is InChI=1S/C22H22F3N3O2/c1-26(2)22(30)28-11-15-10-27(21(29)14-6-7-18(24)19(25)9-14)12-17(15)20(28)13-4-3-5-16(23)8-13/h3-9,15,17,20H,10-12H2,1-2H3/t15-,17-,20-/m1/s1. The number of likely N-dealkylation sites (tertiary alicyclic amines) is 2. The van der Waals surface area contributed by atoms with Gasteiger partial charge in [-0.2, -0.15) is 0 Å². The van der Waals surface area contributed by atoms with Gasteiger partial charge in [-0.3, -0.25) is 4.79 Å². The number of fused-ring (bicyclic) bond motifs is 1. The largest absolute Gasteiger partial charge is 0.338 e. The first-order valence-corrected chi connectivity index (χ1v) is 9.74. The van der Waals surface area contributed by atoms with Gasteiger partial charge in [-0.15, -0.1) is 0 Å². The number of carbonyl (C=O) groups is 2. The van der Waals surface area contributed by atoms with Gasteiger partial charge in [-0.25, -0.2) is 18.0 Å². The molecule has 0 N–H and O–H groups in total. The van der Waals surface area contributed by atoms with Gasteiger partial charge < -0.3 is 14.7 Å². The van der Waals surface area contributed by atoms with Gasteiger partial charge in [-0.1, -0.05) is 12.1 Å². The maximum Gasteiger partial charge on any atom is 0.320 e. The smallest absolute Gasteiger partial charge is 0.320 e. The summed E-state index contributed by atoms with van der Waals surface area (Å²) < 4.78 is 40.7. The van der Waals surface area contributed by atoms with Crippen molar-refractivity contribution in [2.45, 2.75) is 6.04 Å². The molecule has 0 bridgehead atoms. The van der Waals surface area contributed by atoms with E-state index in [0.29, 0.717) is 25.2 Å². The average Bonchev–Trinajstić information content (AvgIpc) is 3.26. The van der Waals surface area contributed by atoms with E-state index >= 15 is 0 Å². The Morgan fingerprint density at radius 2 is 1.73 bits per heavy atom. The lowest BCUT2D eigenvalue weighted by Crippen LogP contribution is -2.42. The summed E-state index contributed by atoms with van der Waals surface area (Å²) in [5.74, 6) is -2.91. The molecule has 3 atom stereocenters. The number of urea groups is 1. The first kappa shape index (κ1) is 20.3. The number of hydrogen-bond acceptors (Lipinski definition) is 2. The van der Waals surface area contributed by atoms with E-state index in [9.17, 15) is 22.8 Å². The zero-order valence-corrected chi connectivity index (χ0v) is 16.7. The number of rotatable bonds is 2. The van der Waals surface area contributed by atoms with Crippen LogP contribution in [-0.2, 0) is 0 Å². The fraction of sp³-hybridized carbons (Fsp3) is 0.364. The van der Waals surface area contributed by atoms with Crippen molar-refractivity contribution in [3.8, 4) is 0 Å². The summed E-state index contributed by atoms with van der Waals surface area (Å²) >= 11 is 0. The molecule has 2 heterocycles. The summed E-state index contributed by atoms with van der Waals surface area (Å²) in [7, 11) is 3.33. The highest BCUT2D eigenvalue weighted by Gasteiger charge is 2.50. The van der Waals surface area contributed by atoms with Crippen LogP contribution in [0.1, 0.15) is 22.0 Å². The van der Waals surface area contributed by atoms with Gasteiger partial charge in [0.25, 0.3) is 5.91 Å². The lowest BCUT2D eigenvalue weighted by atomic mass is 9.89. The Labute approximate surface area is 172 Å². The van der Waals surface area contributed by atoms with E-state index in [1.807, 2.05) is 0 Å². The molecule has 0 aromatic heterocycles. The zero-order valence-electron chi connectivity index (χ0n) is 16.7. The van der Waals surface area contributed by atoms with Gasteiger partial charge in [0, 0.05) is 51.1 Å². The van der Waals surface area contributed by atoms with Crippen LogP contribution in [0.5, 0.6) is 0 Å². The summed E-state index contributed by atoms with van der Waals surface area (Å²) in [6, 6.07) is 8.72. The third-order valence-electron chi connectivity index (χ3n) is 5.94. The number of hydrogen-bond donors (Lipinski definition) is 0. The minimum Gasteiger partial charge on any atom is -0.338 e. The van der Waals surface area contributed by atoms with Crippen molar-refractivity contribution in [2.75, 3.05) is 33.7 Å². The van der Waals surface area contributed by atoms with Gasteiger partial charge in [0.1, 0.15) is 5.82 Å². The van der Waals surface area contributed by atoms with Crippen LogP contribution in [0.2, 0.25) is 0 Å². The van der Waals surface area contributed by atoms with Crippen molar-refractivity contribution in [1.29, 1.82) is 0 Å². The molecule has 0 aliphatic carbocycles. The molecule has 2 aromatic rings. The Kier molecular flexibility index (Phi) is 5.17. The van der Waals surface area contributed by atoms with Crippen molar-refractivity contribution in [3.63, 3.8) is 0 Å². The molecule has 3 amide bonds. The highest BCUT2D eigenvalue weighted by molar-refractivity contribution is 5.94. The van der Waals surface area contributed by atoms with Crippen LogP contribution >= 0.6 is 0 Å². The Morgan fingerprint density at radius 3 is 2.40 bits per heavy atom. The van der Waals surface area contributed by atoms with Crippen LogP contribution in [0.3, 0.4) is 0 Å². The second-order valence-corrected chi connectivity index (χ2v) is 8.09. The molecule has 2 aliphatic rings. The van der Waals surface area contributed by atoms with Crippen LogP contribution in [0.15, 0.2) is 42.5 Å². The van der Waals surface area contributed by atoms with Crippen LogP contribution in [-0.4, -0.2) is 60.4 Å². The summed E-state index contributed by atoms with van der Waals surface area (Å²) in [4.78, 5) is 30.4. The predicted molar refractivity (Wildman–Crippen MR) is 104 cm³/mol. The van der Waals surface area contributed by atoms with Crippen molar-refractivity contribution < 1.29 is 22.8 Å². The Balaban J connectivity index is 1.61. The van der Waals surface area contributed by atoms with Crippen LogP contribution in [0.4, 0.5) is 18.0 Å². The molecule has 0 spiro atoms. The second kappa shape index (κ2) is 7.66. The summed E-state index contributed by atoms with van der Waals surface area (Å²) in [5, 5.41) is 0. The number of carbonyl (C=O) groups excluding carboxylic acids is 2. The van der Waals surface area contributed by atoms with Gasteiger partial charge >= 0.3 is 6.03 Å². The number of halogens is 3. The molecular weight excluding hydrogens is 395 g/mol.